The van der Waals surface area contributed by atoms with E-state index in [4.69, 9.17) is 5.11 Å². The zero-order valence-corrected chi connectivity index (χ0v) is 16.2. The standard InChI is InChI=1S/C24H25NO4/c26-22(16-19-4-2-1-3-5-19)13-11-21-12-14-23(27)25(21)17-20-8-6-18(7-9-20)10-15-24(28)29/h1-10,13,15,21,26H,11-12,14,16-17H2,(H,28,29). The highest BCUT2D eigenvalue weighted by Gasteiger charge is 2.30. The maximum Gasteiger partial charge on any atom is 0.328 e. The summed E-state index contributed by atoms with van der Waals surface area (Å²) < 4.78 is 0. The van der Waals surface area contributed by atoms with Crippen LogP contribution in [0.3, 0.4) is 0 Å². The van der Waals surface area contributed by atoms with Crippen molar-refractivity contribution < 1.29 is 19.8 Å². The number of likely N-dealkylation sites (tertiary alicyclic amines) is 1. The Morgan fingerprint density at radius 3 is 2.45 bits per heavy atom. The van der Waals surface area contributed by atoms with Crippen molar-refractivity contribution in [3.8, 4) is 0 Å². The van der Waals surface area contributed by atoms with E-state index in [-0.39, 0.29) is 11.9 Å². The summed E-state index contributed by atoms with van der Waals surface area (Å²) in [6.45, 7) is 0.514. The van der Waals surface area contributed by atoms with E-state index in [1.165, 1.54) is 6.08 Å². The summed E-state index contributed by atoms with van der Waals surface area (Å²) in [5.41, 5.74) is 2.85. The van der Waals surface area contributed by atoms with Crippen molar-refractivity contribution in [3.05, 3.63) is 89.2 Å². The normalized spacial score (nSPS) is 17.2. The van der Waals surface area contributed by atoms with Crippen LogP contribution in [-0.4, -0.2) is 33.0 Å². The van der Waals surface area contributed by atoms with Crippen LogP contribution >= 0.6 is 0 Å². The molecule has 5 nitrogen and oxygen atoms in total. The van der Waals surface area contributed by atoms with Crippen LogP contribution in [0.5, 0.6) is 0 Å². The first kappa shape index (κ1) is 20.4. The molecule has 0 aliphatic carbocycles. The smallest absolute Gasteiger partial charge is 0.328 e. The van der Waals surface area contributed by atoms with E-state index < -0.39 is 5.97 Å². The Bertz CT molecular complexity index is 900. The Morgan fingerprint density at radius 2 is 1.76 bits per heavy atom. The molecule has 2 aromatic rings. The molecule has 1 amide bonds. The van der Waals surface area contributed by atoms with Gasteiger partial charge in [-0.25, -0.2) is 4.79 Å². The van der Waals surface area contributed by atoms with Crippen LogP contribution in [0.25, 0.3) is 6.08 Å². The number of hydrogen-bond donors (Lipinski definition) is 2. The highest BCUT2D eigenvalue weighted by atomic mass is 16.4. The van der Waals surface area contributed by atoms with E-state index in [0.29, 0.717) is 31.6 Å². The first-order valence-corrected chi connectivity index (χ1v) is 9.72. The minimum atomic E-state index is -0.983. The number of nitrogens with zero attached hydrogens (tertiary/aromatic N) is 1. The third-order valence-corrected chi connectivity index (χ3v) is 5.06. The van der Waals surface area contributed by atoms with Gasteiger partial charge < -0.3 is 15.1 Å². The van der Waals surface area contributed by atoms with E-state index in [1.807, 2.05) is 65.6 Å². The Hall–Kier alpha value is -3.34. The van der Waals surface area contributed by atoms with E-state index in [9.17, 15) is 14.7 Å². The molecule has 0 spiro atoms. The predicted molar refractivity (Wildman–Crippen MR) is 112 cm³/mol. The summed E-state index contributed by atoms with van der Waals surface area (Å²) in [4.78, 5) is 24.8. The van der Waals surface area contributed by atoms with Crippen molar-refractivity contribution in [1.82, 2.24) is 4.90 Å². The number of aliphatic hydroxyl groups is 1. The lowest BCUT2D eigenvalue weighted by atomic mass is 10.1. The molecule has 1 unspecified atom stereocenters. The number of amides is 1. The minimum absolute atomic E-state index is 0.0759. The first-order valence-electron chi connectivity index (χ1n) is 9.72. The molecule has 1 heterocycles. The molecule has 1 atom stereocenters. The van der Waals surface area contributed by atoms with E-state index in [0.717, 1.165) is 29.2 Å². The number of rotatable bonds is 8. The quantitative estimate of drug-likeness (QED) is 0.518. The van der Waals surface area contributed by atoms with Gasteiger partial charge in [-0.05, 0) is 41.7 Å². The van der Waals surface area contributed by atoms with Gasteiger partial charge in [0.05, 0.1) is 5.76 Å². The summed E-state index contributed by atoms with van der Waals surface area (Å²) in [5.74, 6) is -0.533. The average Bonchev–Trinajstić information content (AvgIpc) is 3.06. The molecule has 1 aliphatic heterocycles. The molecule has 2 N–H and O–H groups in total. The van der Waals surface area contributed by atoms with E-state index in [2.05, 4.69) is 0 Å². The summed E-state index contributed by atoms with van der Waals surface area (Å²) in [6, 6.07) is 17.4. The van der Waals surface area contributed by atoms with Crippen LogP contribution in [0, 0.1) is 0 Å². The van der Waals surface area contributed by atoms with Gasteiger partial charge in [0.25, 0.3) is 0 Å². The Morgan fingerprint density at radius 1 is 1.03 bits per heavy atom. The van der Waals surface area contributed by atoms with Crippen molar-refractivity contribution in [2.45, 2.75) is 38.3 Å². The topological polar surface area (TPSA) is 77.8 Å². The van der Waals surface area contributed by atoms with Gasteiger partial charge in [-0.2, -0.15) is 0 Å². The second kappa shape index (κ2) is 9.73. The van der Waals surface area contributed by atoms with Crippen LogP contribution in [-0.2, 0) is 22.6 Å². The summed E-state index contributed by atoms with van der Waals surface area (Å²) in [7, 11) is 0. The molecule has 1 aliphatic rings. The third-order valence-electron chi connectivity index (χ3n) is 5.06. The number of carbonyl (C=O) groups is 2. The fraction of sp³-hybridized carbons (Fsp3) is 0.250. The van der Waals surface area contributed by atoms with Crippen molar-refractivity contribution in [1.29, 1.82) is 0 Å². The molecular weight excluding hydrogens is 366 g/mol. The lowest BCUT2D eigenvalue weighted by Gasteiger charge is -2.24. The van der Waals surface area contributed by atoms with E-state index >= 15 is 0 Å². The number of benzene rings is 2. The second-order valence-electron chi connectivity index (χ2n) is 7.22. The molecule has 0 saturated carbocycles. The predicted octanol–water partition coefficient (Wildman–Crippen LogP) is 4.35. The monoisotopic (exact) mass is 391 g/mol. The average molecular weight is 391 g/mol. The molecule has 2 aromatic carbocycles. The SMILES string of the molecule is O=C(O)C=Cc1ccc(CN2C(=O)CCC2CC=C(O)Cc2ccccc2)cc1. The fourth-order valence-electron chi connectivity index (χ4n) is 3.50. The zero-order valence-electron chi connectivity index (χ0n) is 16.2. The molecule has 5 heteroatoms. The molecular formula is C24H25NO4. The van der Waals surface area contributed by atoms with Crippen LogP contribution in [0.1, 0.15) is 36.0 Å². The lowest BCUT2D eigenvalue weighted by molar-refractivity contribution is -0.131. The summed E-state index contributed by atoms with van der Waals surface area (Å²) in [6.07, 6.45) is 6.89. The molecule has 0 bridgehead atoms. The van der Waals surface area contributed by atoms with Gasteiger partial charge in [0.2, 0.25) is 5.91 Å². The molecule has 0 aromatic heterocycles. The maximum atomic E-state index is 12.3. The number of carbonyl (C=O) groups excluding carboxylic acids is 1. The molecule has 29 heavy (non-hydrogen) atoms. The van der Waals surface area contributed by atoms with Crippen molar-refractivity contribution >= 4 is 18.0 Å². The molecule has 0 radical (unpaired) electrons. The van der Waals surface area contributed by atoms with Gasteiger partial charge in [0.15, 0.2) is 0 Å². The number of aliphatic hydroxyl groups excluding tert-OH is 1. The summed E-state index contributed by atoms with van der Waals surface area (Å²) in [5, 5.41) is 18.9. The first-order chi connectivity index (χ1) is 14.0. The van der Waals surface area contributed by atoms with Gasteiger partial charge in [0, 0.05) is 31.5 Å². The number of carboxylic acids is 1. The number of hydrogen-bond acceptors (Lipinski definition) is 3. The van der Waals surface area contributed by atoms with Gasteiger partial charge in [0.1, 0.15) is 0 Å². The van der Waals surface area contributed by atoms with Crippen molar-refractivity contribution in [2.75, 3.05) is 0 Å². The Balaban J connectivity index is 1.60. The molecule has 3 rings (SSSR count). The van der Waals surface area contributed by atoms with Gasteiger partial charge in [-0.15, -0.1) is 0 Å². The number of aliphatic carboxylic acids is 1. The zero-order chi connectivity index (χ0) is 20.6. The van der Waals surface area contributed by atoms with Crippen molar-refractivity contribution in [2.24, 2.45) is 0 Å². The summed E-state index contributed by atoms with van der Waals surface area (Å²) >= 11 is 0. The van der Waals surface area contributed by atoms with Crippen LogP contribution in [0.2, 0.25) is 0 Å². The Kier molecular flexibility index (Phi) is 6.85. The highest BCUT2D eigenvalue weighted by Crippen LogP contribution is 2.25. The molecule has 1 saturated heterocycles. The lowest BCUT2D eigenvalue weighted by Crippen LogP contribution is -2.32. The molecule has 1 fully saturated rings. The minimum Gasteiger partial charge on any atom is -0.512 e. The maximum absolute atomic E-state index is 12.3. The van der Waals surface area contributed by atoms with E-state index in [1.54, 1.807) is 0 Å². The molecule has 150 valence electrons. The van der Waals surface area contributed by atoms with Crippen LogP contribution in [0.4, 0.5) is 0 Å². The Labute approximate surface area is 170 Å². The number of allylic oxidation sites excluding steroid dienone is 1. The second-order valence-corrected chi connectivity index (χ2v) is 7.22. The fourth-order valence-corrected chi connectivity index (χ4v) is 3.50. The van der Waals surface area contributed by atoms with Crippen LogP contribution in [0.15, 0.2) is 72.5 Å². The van der Waals surface area contributed by atoms with Crippen LogP contribution < -0.4 is 0 Å². The van der Waals surface area contributed by atoms with Gasteiger partial charge in [-0.3, -0.25) is 4.79 Å². The van der Waals surface area contributed by atoms with Gasteiger partial charge >= 0.3 is 5.97 Å². The highest BCUT2D eigenvalue weighted by molar-refractivity contribution is 5.85. The number of carboxylic acid groups (broad SMARTS) is 1. The largest absolute Gasteiger partial charge is 0.512 e. The van der Waals surface area contributed by atoms with Gasteiger partial charge in [-0.1, -0.05) is 54.6 Å². The third kappa shape index (κ3) is 6.07. The van der Waals surface area contributed by atoms with Crippen molar-refractivity contribution in [3.63, 3.8) is 0 Å².